The van der Waals surface area contributed by atoms with Crippen molar-refractivity contribution >= 4 is 6.16 Å². The molecule has 2 rings (SSSR count). The van der Waals surface area contributed by atoms with Gasteiger partial charge in [0.2, 0.25) is 6.10 Å². The van der Waals surface area contributed by atoms with Crippen molar-refractivity contribution in [1.82, 2.24) is 0 Å². The Morgan fingerprint density at radius 3 is 2.47 bits per heavy atom. The van der Waals surface area contributed by atoms with Crippen LogP contribution >= 0.6 is 0 Å². The number of cyclic esters (lactones) is 2. The lowest BCUT2D eigenvalue weighted by atomic mass is 10.0. The van der Waals surface area contributed by atoms with Gasteiger partial charge in [-0.25, -0.2) is 4.79 Å². The van der Waals surface area contributed by atoms with E-state index in [0.29, 0.717) is 0 Å². The van der Waals surface area contributed by atoms with Crippen LogP contribution in [0.4, 0.5) is 13.6 Å². The Morgan fingerprint density at radius 2 is 1.93 bits per heavy atom. The van der Waals surface area contributed by atoms with Gasteiger partial charge in [-0.3, -0.25) is 0 Å². The first-order valence-corrected chi connectivity index (χ1v) is 4.37. The van der Waals surface area contributed by atoms with Crippen LogP contribution in [0.3, 0.4) is 0 Å². The Hall–Kier alpha value is -1.65. The number of rotatable bonds is 2. The summed E-state index contributed by atoms with van der Waals surface area (Å²) in [6.07, 6.45) is -2.58. The molecule has 0 bridgehead atoms. The molecule has 1 fully saturated rings. The van der Waals surface area contributed by atoms with E-state index in [1.807, 2.05) is 0 Å². The van der Waals surface area contributed by atoms with E-state index in [9.17, 15) is 13.6 Å². The lowest BCUT2D eigenvalue weighted by Gasteiger charge is -2.20. The third-order valence-corrected chi connectivity index (χ3v) is 2.15. The first kappa shape index (κ1) is 9.89. The standard InChI is InChI=1S/C10H8F2O3/c11-10(12,7-4-2-1-3-5-7)8-6-14-9(13)15-8/h1-5,8H,6H2. The van der Waals surface area contributed by atoms with Gasteiger partial charge in [-0.05, 0) is 0 Å². The van der Waals surface area contributed by atoms with Gasteiger partial charge < -0.3 is 9.47 Å². The van der Waals surface area contributed by atoms with Gasteiger partial charge in [-0.15, -0.1) is 0 Å². The number of carbonyl (C=O) groups is 1. The van der Waals surface area contributed by atoms with Crippen LogP contribution in [-0.2, 0) is 15.4 Å². The molecule has 1 aromatic rings. The molecule has 5 heteroatoms. The number of benzene rings is 1. The van der Waals surface area contributed by atoms with Gasteiger partial charge in [0.15, 0.2) is 0 Å². The van der Waals surface area contributed by atoms with Crippen LogP contribution < -0.4 is 0 Å². The number of halogens is 2. The van der Waals surface area contributed by atoms with Crippen LogP contribution in [0.2, 0.25) is 0 Å². The second-order valence-electron chi connectivity index (χ2n) is 3.16. The Bertz CT molecular complexity index is 364. The highest BCUT2D eigenvalue weighted by Gasteiger charge is 2.48. The monoisotopic (exact) mass is 214 g/mol. The highest BCUT2D eigenvalue weighted by atomic mass is 19.3. The zero-order valence-corrected chi connectivity index (χ0v) is 7.65. The van der Waals surface area contributed by atoms with Crippen molar-refractivity contribution in [3.05, 3.63) is 35.9 Å². The van der Waals surface area contributed by atoms with Crippen molar-refractivity contribution in [3.63, 3.8) is 0 Å². The molecule has 1 unspecified atom stereocenters. The Labute approximate surface area is 84.6 Å². The van der Waals surface area contributed by atoms with Crippen LogP contribution in [0.25, 0.3) is 0 Å². The molecule has 1 aliphatic rings. The Balaban J connectivity index is 2.23. The number of ether oxygens (including phenoxy) is 2. The lowest BCUT2D eigenvalue weighted by Crippen LogP contribution is -2.32. The highest BCUT2D eigenvalue weighted by molar-refractivity contribution is 5.62. The number of alkyl halides is 2. The second-order valence-corrected chi connectivity index (χ2v) is 3.16. The first-order chi connectivity index (χ1) is 7.10. The number of carbonyl (C=O) groups excluding carboxylic acids is 1. The van der Waals surface area contributed by atoms with E-state index >= 15 is 0 Å². The third kappa shape index (κ3) is 1.77. The summed E-state index contributed by atoms with van der Waals surface area (Å²) in [5, 5.41) is 0. The van der Waals surface area contributed by atoms with Gasteiger partial charge in [0.05, 0.1) is 0 Å². The summed E-state index contributed by atoms with van der Waals surface area (Å²) in [5.74, 6) is -3.21. The molecule has 80 valence electrons. The zero-order chi connectivity index (χ0) is 10.9. The molecule has 1 atom stereocenters. The number of hydrogen-bond acceptors (Lipinski definition) is 3. The molecule has 0 N–H and O–H groups in total. The molecule has 1 heterocycles. The molecule has 0 spiro atoms. The van der Waals surface area contributed by atoms with E-state index in [0.717, 1.165) is 0 Å². The Kier molecular flexibility index (Phi) is 2.30. The molecule has 0 aliphatic carbocycles. The largest absolute Gasteiger partial charge is 0.509 e. The lowest BCUT2D eigenvalue weighted by molar-refractivity contribution is -0.101. The summed E-state index contributed by atoms with van der Waals surface area (Å²) in [7, 11) is 0. The fraction of sp³-hybridized carbons (Fsp3) is 0.300. The van der Waals surface area contributed by atoms with Gasteiger partial charge >= 0.3 is 12.1 Å². The molecule has 3 nitrogen and oxygen atoms in total. The number of hydrogen-bond donors (Lipinski definition) is 0. The van der Waals surface area contributed by atoms with Crippen molar-refractivity contribution < 1.29 is 23.0 Å². The molecule has 15 heavy (non-hydrogen) atoms. The van der Waals surface area contributed by atoms with Crippen molar-refractivity contribution in [3.8, 4) is 0 Å². The summed E-state index contributed by atoms with van der Waals surface area (Å²) in [5.41, 5.74) is -0.187. The predicted octanol–water partition coefficient (Wildman–Crippen LogP) is 2.31. The minimum absolute atomic E-state index is 0.187. The predicted molar refractivity (Wildman–Crippen MR) is 46.6 cm³/mol. The summed E-state index contributed by atoms with van der Waals surface area (Å²) < 4.78 is 36.1. The SMILES string of the molecule is O=C1OCC(C(F)(F)c2ccccc2)O1. The van der Waals surface area contributed by atoms with Crippen molar-refractivity contribution in [1.29, 1.82) is 0 Å². The van der Waals surface area contributed by atoms with Gasteiger partial charge in [-0.2, -0.15) is 8.78 Å². The van der Waals surface area contributed by atoms with Gasteiger partial charge in [0.25, 0.3) is 0 Å². The summed E-state index contributed by atoms with van der Waals surface area (Å²) in [4.78, 5) is 10.6. The molecule has 0 saturated carbocycles. The van der Waals surface area contributed by atoms with Crippen LogP contribution in [-0.4, -0.2) is 18.9 Å². The first-order valence-electron chi connectivity index (χ1n) is 4.37. The zero-order valence-electron chi connectivity index (χ0n) is 7.65. The topological polar surface area (TPSA) is 35.5 Å². The van der Waals surface area contributed by atoms with E-state index in [2.05, 4.69) is 9.47 Å². The van der Waals surface area contributed by atoms with E-state index in [4.69, 9.17) is 0 Å². The van der Waals surface area contributed by atoms with Crippen LogP contribution in [0, 0.1) is 0 Å². The van der Waals surface area contributed by atoms with Crippen molar-refractivity contribution in [2.75, 3.05) is 6.61 Å². The molecule has 1 aliphatic heterocycles. The molecule has 0 amide bonds. The van der Waals surface area contributed by atoms with Crippen LogP contribution in [0.15, 0.2) is 30.3 Å². The molecular weight excluding hydrogens is 206 g/mol. The average molecular weight is 214 g/mol. The second kappa shape index (κ2) is 3.49. The Morgan fingerprint density at radius 1 is 1.27 bits per heavy atom. The minimum Gasteiger partial charge on any atom is -0.430 e. The van der Waals surface area contributed by atoms with E-state index in [1.165, 1.54) is 24.3 Å². The fourth-order valence-electron chi connectivity index (χ4n) is 1.35. The van der Waals surface area contributed by atoms with Crippen molar-refractivity contribution in [2.24, 2.45) is 0 Å². The molecular formula is C10H8F2O3. The van der Waals surface area contributed by atoms with E-state index < -0.39 is 24.8 Å². The highest BCUT2D eigenvalue weighted by Crippen LogP contribution is 2.35. The fourth-order valence-corrected chi connectivity index (χ4v) is 1.35. The maximum Gasteiger partial charge on any atom is 0.509 e. The molecule has 1 aromatic carbocycles. The molecule has 0 aromatic heterocycles. The quantitative estimate of drug-likeness (QED) is 0.708. The van der Waals surface area contributed by atoms with E-state index in [-0.39, 0.29) is 5.56 Å². The molecule has 0 radical (unpaired) electrons. The maximum atomic E-state index is 13.7. The van der Waals surface area contributed by atoms with Crippen LogP contribution in [0.1, 0.15) is 5.56 Å². The third-order valence-electron chi connectivity index (χ3n) is 2.15. The van der Waals surface area contributed by atoms with Crippen molar-refractivity contribution in [2.45, 2.75) is 12.0 Å². The maximum absolute atomic E-state index is 13.7. The van der Waals surface area contributed by atoms with E-state index in [1.54, 1.807) is 6.07 Å². The summed E-state index contributed by atoms with van der Waals surface area (Å²) >= 11 is 0. The average Bonchev–Trinajstić information content (AvgIpc) is 2.67. The normalized spacial score (nSPS) is 20.9. The summed E-state index contributed by atoms with van der Waals surface area (Å²) in [6, 6.07) is 7.21. The van der Waals surface area contributed by atoms with Crippen LogP contribution in [0.5, 0.6) is 0 Å². The summed E-state index contributed by atoms with van der Waals surface area (Å²) in [6.45, 7) is -0.416. The van der Waals surface area contributed by atoms with Gasteiger partial charge in [0, 0.05) is 5.56 Å². The minimum atomic E-state index is -3.21. The van der Waals surface area contributed by atoms with Gasteiger partial charge in [0.1, 0.15) is 6.61 Å². The molecule has 1 saturated heterocycles. The van der Waals surface area contributed by atoms with Gasteiger partial charge in [-0.1, -0.05) is 30.3 Å². The smallest absolute Gasteiger partial charge is 0.430 e.